The smallest absolute Gasteiger partial charge is 0.123 e. The number of unbranched alkanes of at least 4 members (excludes halogenated alkanes) is 11. The summed E-state index contributed by atoms with van der Waals surface area (Å²) in [4.78, 5) is 0. The second kappa shape index (κ2) is 21.4. The summed E-state index contributed by atoms with van der Waals surface area (Å²) in [5.41, 5.74) is 7.15. The molecule has 0 saturated carbocycles. The van der Waals surface area contributed by atoms with Gasteiger partial charge < -0.3 is 11.1 Å². The highest BCUT2D eigenvalue weighted by atomic mass is 35.5. The van der Waals surface area contributed by atoms with Crippen LogP contribution in [0, 0.1) is 5.82 Å². The quantitative estimate of drug-likeness (QED) is 0.250. The van der Waals surface area contributed by atoms with Gasteiger partial charge in [-0.3, -0.25) is 0 Å². The average Bonchev–Trinajstić information content (AvgIpc) is 2.65. The van der Waals surface area contributed by atoms with Crippen LogP contribution in [0.3, 0.4) is 0 Å². The number of halogens is 3. The van der Waals surface area contributed by atoms with Gasteiger partial charge in [0, 0.05) is 6.04 Å². The number of nitrogens with one attached hydrogen (secondary N) is 1. The molecular weight excluding hydrogens is 394 g/mol. The summed E-state index contributed by atoms with van der Waals surface area (Å²) in [5, 5.41) is 3.48. The maximum atomic E-state index is 12.9. The Morgan fingerprint density at radius 2 is 1.21 bits per heavy atom. The summed E-state index contributed by atoms with van der Waals surface area (Å²) in [5.74, 6) is -0.203. The lowest BCUT2D eigenvalue weighted by Gasteiger charge is -2.12. The average molecular weight is 438 g/mol. The van der Waals surface area contributed by atoms with Gasteiger partial charge in [-0.25, -0.2) is 4.39 Å². The molecule has 1 aromatic rings. The van der Waals surface area contributed by atoms with Crippen molar-refractivity contribution in [2.75, 3.05) is 13.1 Å². The zero-order chi connectivity index (χ0) is 18.9. The van der Waals surface area contributed by atoms with Crippen LogP contribution >= 0.6 is 24.8 Å². The highest BCUT2D eigenvalue weighted by Crippen LogP contribution is 2.14. The first-order chi connectivity index (χ1) is 12.7. The van der Waals surface area contributed by atoms with Crippen molar-refractivity contribution < 1.29 is 4.39 Å². The normalized spacial score (nSPS) is 11.5. The summed E-state index contributed by atoms with van der Waals surface area (Å²) in [7, 11) is 0. The maximum absolute atomic E-state index is 12.9. The summed E-state index contributed by atoms with van der Waals surface area (Å²) >= 11 is 0. The highest BCUT2D eigenvalue weighted by molar-refractivity contribution is 5.85. The fraction of sp³-hybridized carbons (Fsp3) is 0.739. The molecule has 2 nitrogen and oxygen atoms in total. The minimum atomic E-state index is -0.203. The summed E-state index contributed by atoms with van der Waals surface area (Å²) in [6, 6.07) is 6.52. The third-order valence-corrected chi connectivity index (χ3v) is 5.14. The fourth-order valence-electron chi connectivity index (χ4n) is 3.35. The zero-order valence-electron chi connectivity index (χ0n) is 17.8. The Labute approximate surface area is 185 Å². The van der Waals surface area contributed by atoms with Crippen molar-refractivity contribution in [3.05, 3.63) is 35.6 Å². The van der Waals surface area contributed by atoms with Crippen molar-refractivity contribution in [1.29, 1.82) is 0 Å². The van der Waals surface area contributed by atoms with Crippen molar-refractivity contribution in [2.45, 2.75) is 96.4 Å². The van der Waals surface area contributed by atoms with E-state index in [0.717, 1.165) is 25.1 Å². The van der Waals surface area contributed by atoms with Crippen molar-refractivity contribution in [3.8, 4) is 0 Å². The second-order valence-corrected chi connectivity index (χ2v) is 7.59. The van der Waals surface area contributed by atoms with Gasteiger partial charge >= 0.3 is 0 Å². The second-order valence-electron chi connectivity index (χ2n) is 7.59. The lowest BCUT2D eigenvalue weighted by molar-refractivity contribution is 0.526. The predicted molar refractivity (Wildman–Crippen MR) is 126 cm³/mol. The van der Waals surface area contributed by atoms with Crippen molar-refractivity contribution in [1.82, 2.24) is 5.32 Å². The van der Waals surface area contributed by atoms with Gasteiger partial charge in [0.05, 0.1) is 0 Å². The number of nitrogens with two attached hydrogens (primary N) is 1. The molecule has 0 fully saturated rings. The molecule has 0 amide bonds. The molecule has 0 spiro atoms. The van der Waals surface area contributed by atoms with Crippen LogP contribution in [0.15, 0.2) is 24.3 Å². The van der Waals surface area contributed by atoms with Crippen molar-refractivity contribution in [3.63, 3.8) is 0 Å². The van der Waals surface area contributed by atoms with Crippen LogP contribution < -0.4 is 11.1 Å². The van der Waals surface area contributed by atoms with Crippen LogP contribution in [0.4, 0.5) is 4.39 Å². The molecule has 3 N–H and O–H groups in total. The van der Waals surface area contributed by atoms with E-state index in [-0.39, 0.29) is 36.7 Å². The summed E-state index contributed by atoms with van der Waals surface area (Å²) in [6.45, 7) is 4.28. The van der Waals surface area contributed by atoms with E-state index in [9.17, 15) is 4.39 Å². The summed E-state index contributed by atoms with van der Waals surface area (Å²) < 4.78 is 12.9. The van der Waals surface area contributed by atoms with Gasteiger partial charge in [-0.15, -0.1) is 24.8 Å². The molecule has 0 aliphatic rings. The molecule has 166 valence electrons. The van der Waals surface area contributed by atoms with Crippen LogP contribution in [0.5, 0.6) is 0 Å². The number of hydrogen-bond donors (Lipinski definition) is 2. The van der Waals surface area contributed by atoms with E-state index < -0.39 is 0 Å². The maximum Gasteiger partial charge on any atom is 0.123 e. The van der Waals surface area contributed by atoms with E-state index in [1.807, 2.05) is 0 Å². The molecule has 0 aromatic heterocycles. The zero-order valence-corrected chi connectivity index (χ0v) is 19.4. The lowest BCUT2D eigenvalue weighted by atomic mass is 10.0. The van der Waals surface area contributed by atoms with Gasteiger partial charge in [-0.05, 0) is 43.6 Å². The molecule has 0 saturated heterocycles. The van der Waals surface area contributed by atoms with Crippen LogP contribution in [0.25, 0.3) is 0 Å². The van der Waals surface area contributed by atoms with Gasteiger partial charge in [-0.1, -0.05) is 89.7 Å². The van der Waals surface area contributed by atoms with Crippen LogP contribution in [0.1, 0.15) is 102 Å². The Morgan fingerprint density at radius 3 is 1.71 bits per heavy atom. The Kier molecular flexibility index (Phi) is 22.8. The first kappa shape index (κ1) is 29.8. The first-order valence-corrected chi connectivity index (χ1v) is 11.0. The first-order valence-electron chi connectivity index (χ1n) is 11.0. The molecule has 0 bridgehead atoms. The van der Waals surface area contributed by atoms with E-state index in [1.54, 1.807) is 12.1 Å². The van der Waals surface area contributed by atoms with Crippen molar-refractivity contribution in [2.24, 2.45) is 5.73 Å². The van der Waals surface area contributed by atoms with Crippen molar-refractivity contribution >= 4 is 24.8 Å². The molecule has 0 aliphatic carbocycles. The molecule has 0 radical (unpaired) electrons. The predicted octanol–water partition coefficient (Wildman–Crippen LogP) is 7.35. The molecule has 0 aliphatic heterocycles. The van der Waals surface area contributed by atoms with Gasteiger partial charge in [0.1, 0.15) is 5.82 Å². The van der Waals surface area contributed by atoms with E-state index >= 15 is 0 Å². The van der Waals surface area contributed by atoms with E-state index in [1.165, 1.54) is 89.2 Å². The molecule has 1 atom stereocenters. The van der Waals surface area contributed by atoms with E-state index in [2.05, 4.69) is 12.2 Å². The van der Waals surface area contributed by atoms with Crippen LogP contribution in [0.2, 0.25) is 0 Å². The molecule has 28 heavy (non-hydrogen) atoms. The monoisotopic (exact) mass is 436 g/mol. The van der Waals surface area contributed by atoms with E-state index in [0.29, 0.717) is 0 Å². The van der Waals surface area contributed by atoms with E-state index in [4.69, 9.17) is 5.73 Å². The lowest BCUT2D eigenvalue weighted by Crippen LogP contribution is -2.22. The molecule has 5 heteroatoms. The standard InChI is InChI=1S/C23H41FN2.2ClH/c1-2-3-4-5-6-7-8-9-10-11-12-13-19-26-20-18-23(25)21-14-16-22(24)17-15-21;;/h14-17,23,26H,2-13,18-20,25H2,1H3;2*1H. The van der Waals surface area contributed by atoms with Gasteiger partial charge in [0.2, 0.25) is 0 Å². The number of rotatable bonds is 17. The topological polar surface area (TPSA) is 38.0 Å². The molecule has 1 unspecified atom stereocenters. The third kappa shape index (κ3) is 16.6. The summed E-state index contributed by atoms with van der Waals surface area (Å²) in [6.07, 6.45) is 17.5. The number of hydrogen-bond acceptors (Lipinski definition) is 2. The Hall–Kier alpha value is -0.350. The Balaban J connectivity index is 0. The fourth-order valence-corrected chi connectivity index (χ4v) is 3.35. The SMILES string of the molecule is CCCCCCCCCCCCCCNCCC(N)c1ccc(F)cc1.Cl.Cl. The largest absolute Gasteiger partial charge is 0.324 e. The highest BCUT2D eigenvalue weighted by Gasteiger charge is 2.05. The molecular formula is C23H43Cl2FN2. The third-order valence-electron chi connectivity index (χ3n) is 5.14. The molecule has 1 aromatic carbocycles. The van der Waals surface area contributed by atoms with Crippen LogP contribution in [-0.4, -0.2) is 13.1 Å². The Bertz CT molecular complexity index is 429. The minimum absolute atomic E-state index is 0. The van der Waals surface area contributed by atoms with Gasteiger partial charge in [-0.2, -0.15) is 0 Å². The Morgan fingerprint density at radius 1 is 0.750 bits per heavy atom. The van der Waals surface area contributed by atoms with Crippen LogP contribution in [-0.2, 0) is 0 Å². The van der Waals surface area contributed by atoms with Gasteiger partial charge in [0.25, 0.3) is 0 Å². The minimum Gasteiger partial charge on any atom is -0.324 e. The molecule has 0 heterocycles. The van der Waals surface area contributed by atoms with Gasteiger partial charge in [0.15, 0.2) is 0 Å². The number of benzene rings is 1. The molecule has 1 rings (SSSR count).